The van der Waals surface area contributed by atoms with Gasteiger partial charge in [-0.05, 0) is 30.9 Å². The lowest BCUT2D eigenvalue weighted by Gasteiger charge is -2.17. The number of rotatable bonds is 7. The van der Waals surface area contributed by atoms with Gasteiger partial charge in [0.25, 0.3) is 0 Å². The molecule has 2 aromatic rings. The average Bonchev–Trinajstić information content (AvgIpc) is 2.52. The van der Waals surface area contributed by atoms with Gasteiger partial charge in [0.1, 0.15) is 0 Å². The molecule has 0 heterocycles. The summed E-state index contributed by atoms with van der Waals surface area (Å²) in [5.74, 6) is 0. The Bertz CT molecular complexity index is 483. The van der Waals surface area contributed by atoms with Gasteiger partial charge in [-0.2, -0.15) is 0 Å². The maximum absolute atomic E-state index is 10.1. The van der Waals surface area contributed by atoms with Gasteiger partial charge in [-0.1, -0.05) is 60.7 Å². The van der Waals surface area contributed by atoms with E-state index < -0.39 is 6.10 Å². The molecule has 2 nitrogen and oxygen atoms in total. The zero-order valence-electron chi connectivity index (χ0n) is 12.0. The van der Waals surface area contributed by atoms with Crippen LogP contribution in [0.5, 0.6) is 0 Å². The number of hydrogen-bond donors (Lipinski definition) is 2. The Morgan fingerprint density at radius 1 is 0.950 bits per heavy atom. The topological polar surface area (TPSA) is 32.3 Å². The van der Waals surface area contributed by atoms with Crippen molar-refractivity contribution in [3.05, 3.63) is 71.8 Å². The Kier molecular flexibility index (Phi) is 5.78. The summed E-state index contributed by atoms with van der Waals surface area (Å²) >= 11 is 0. The molecule has 0 aliphatic rings. The third-order valence-corrected chi connectivity index (χ3v) is 3.55. The molecule has 0 aromatic heterocycles. The van der Waals surface area contributed by atoms with Crippen molar-refractivity contribution in [1.82, 2.24) is 5.32 Å². The minimum atomic E-state index is -0.435. The summed E-state index contributed by atoms with van der Waals surface area (Å²) in [5.41, 5.74) is 2.33. The van der Waals surface area contributed by atoms with Crippen LogP contribution in [0.1, 0.15) is 30.6 Å². The van der Waals surface area contributed by atoms with Crippen LogP contribution < -0.4 is 5.32 Å². The molecule has 0 spiro atoms. The fourth-order valence-electron chi connectivity index (χ4n) is 2.24. The van der Waals surface area contributed by atoms with E-state index in [2.05, 4.69) is 36.5 Å². The normalized spacial score (nSPS) is 13.9. The number of benzene rings is 2. The Hall–Kier alpha value is -1.64. The maximum atomic E-state index is 10.1. The van der Waals surface area contributed by atoms with E-state index in [1.165, 1.54) is 5.56 Å². The first-order valence-electron chi connectivity index (χ1n) is 7.26. The predicted octanol–water partition coefficient (Wildman–Crippen LogP) is 3.33. The molecule has 0 aliphatic carbocycles. The van der Waals surface area contributed by atoms with E-state index in [-0.39, 0.29) is 0 Å². The van der Waals surface area contributed by atoms with Gasteiger partial charge in [0.05, 0.1) is 6.10 Å². The van der Waals surface area contributed by atoms with Crippen LogP contribution in [0.3, 0.4) is 0 Å². The van der Waals surface area contributed by atoms with Crippen LogP contribution in [-0.4, -0.2) is 17.7 Å². The van der Waals surface area contributed by atoms with Gasteiger partial charge in [-0.3, -0.25) is 0 Å². The van der Waals surface area contributed by atoms with E-state index in [1.807, 2.05) is 36.4 Å². The van der Waals surface area contributed by atoms with E-state index in [0.717, 1.165) is 18.4 Å². The van der Waals surface area contributed by atoms with Gasteiger partial charge < -0.3 is 10.4 Å². The lowest BCUT2D eigenvalue weighted by atomic mass is 10.1. The monoisotopic (exact) mass is 269 g/mol. The van der Waals surface area contributed by atoms with Gasteiger partial charge in [0.2, 0.25) is 0 Å². The SMILES string of the molecule is C[C@H](CCc1ccccc1)NC[C@H](O)c1ccccc1. The molecule has 0 bridgehead atoms. The van der Waals surface area contributed by atoms with Crippen LogP contribution in [0.2, 0.25) is 0 Å². The van der Waals surface area contributed by atoms with Gasteiger partial charge >= 0.3 is 0 Å². The minimum absolute atomic E-state index is 0.397. The molecule has 0 aliphatic heterocycles. The van der Waals surface area contributed by atoms with Crippen LogP contribution in [-0.2, 0) is 6.42 Å². The summed E-state index contributed by atoms with van der Waals surface area (Å²) in [6.07, 6.45) is 1.71. The molecule has 0 saturated heterocycles. The van der Waals surface area contributed by atoms with Crippen molar-refractivity contribution in [2.75, 3.05) is 6.54 Å². The first kappa shape index (κ1) is 14.8. The molecule has 0 radical (unpaired) electrons. The predicted molar refractivity (Wildman–Crippen MR) is 83.6 cm³/mol. The molecule has 106 valence electrons. The number of aryl methyl sites for hydroxylation is 1. The second kappa shape index (κ2) is 7.83. The highest BCUT2D eigenvalue weighted by atomic mass is 16.3. The number of nitrogens with one attached hydrogen (secondary N) is 1. The average molecular weight is 269 g/mol. The molecule has 2 N–H and O–H groups in total. The summed E-state index contributed by atoms with van der Waals surface area (Å²) in [6.45, 7) is 2.76. The molecule has 2 heteroatoms. The standard InChI is InChI=1S/C18H23NO/c1-15(12-13-16-8-4-2-5-9-16)19-14-18(20)17-10-6-3-7-11-17/h2-11,15,18-20H,12-14H2,1H3/t15-,18+/m1/s1. The third-order valence-electron chi connectivity index (χ3n) is 3.55. The van der Waals surface area contributed by atoms with Crippen molar-refractivity contribution in [1.29, 1.82) is 0 Å². The quantitative estimate of drug-likeness (QED) is 0.808. The second-order valence-electron chi connectivity index (χ2n) is 5.26. The van der Waals surface area contributed by atoms with E-state index in [1.54, 1.807) is 0 Å². The zero-order chi connectivity index (χ0) is 14.2. The van der Waals surface area contributed by atoms with E-state index in [0.29, 0.717) is 12.6 Å². The lowest BCUT2D eigenvalue weighted by Crippen LogP contribution is -2.30. The van der Waals surface area contributed by atoms with Crippen LogP contribution >= 0.6 is 0 Å². The van der Waals surface area contributed by atoms with E-state index >= 15 is 0 Å². The highest BCUT2D eigenvalue weighted by molar-refractivity contribution is 5.17. The fourth-order valence-corrected chi connectivity index (χ4v) is 2.24. The van der Waals surface area contributed by atoms with Gasteiger partial charge in [-0.15, -0.1) is 0 Å². The van der Waals surface area contributed by atoms with Crippen molar-refractivity contribution in [3.8, 4) is 0 Å². The van der Waals surface area contributed by atoms with Crippen LogP contribution in [0, 0.1) is 0 Å². The summed E-state index contributed by atoms with van der Waals surface area (Å²) in [7, 11) is 0. The van der Waals surface area contributed by atoms with Crippen molar-refractivity contribution in [2.45, 2.75) is 31.9 Å². The highest BCUT2D eigenvalue weighted by Gasteiger charge is 2.08. The van der Waals surface area contributed by atoms with Crippen molar-refractivity contribution >= 4 is 0 Å². The Balaban J connectivity index is 1.71. The fraction of sp³-hybridized carbons (Fsp3) is 0.333. The van der Waals surface area contributed by atoms with Gasteiger partial charge in [0, 0.05) is 12.6 Å². The van der Waals surface area contributed by atoms with Crippen LogP contribution in [0.25, 0.3) is 0 Å². The van der Waals surface area contributed by atoms with Crippen molar-refractivity contribution in [3.63, 3.8) is 0 Å². The number of hydrogen-bond acceptors (Lipinski definition) is 2. The smallest absolute Gasteiger partial charge is 0.0914 e. The Morgan fingerprint density at radius 2 is 1.55 bits per heavy atom. The first-order chi connectivity index (χ1) is 9.75. The molecule has 0 unspecified atom stereocenters. The summed E-state index contributed by atoms with van der Waals surface area (Å²) < 4.78 is 0. The molecule has 2 rings (SSSR count). The largest absolute Gasteiger partial charge is 0.387 e. The van der Waals surface area contributed by atoms with Crippen molar-refractivity contribution < 1.29 is 5.11 Å². The molecule has 0 saturated carbocycles. The summed E-state index contributed by atoms with van der Waals surface area (Å²) in [6, 6.07) is 20.7. The third kappa shape index (κ3) is 4.80. The lowest BCUT2D eigenvalue weighted by molar-refractivity contribution is 0.170. The summed E-state index contributed by atoms with van der Waals surface area (Å²) in [5, 5.41) is 13.5. The van der Waals surface area contributed by atoms with Gasteiger partial charge in [-0.25, -0.2) is 0 Å². The van der Waals surface area contributed by atoms with Crippen molar-refractivity contribution in [2.24, 2.45) is 0 Å². The highest BCUT2D eigenvalue weighted by Crippen LogP contribution is 2.11. The number of aliphatic hydroxyl groups excluding tert-OH is 1. The van der Waals surface area contributed by atoms with E-state index in [4.69, 9.17) is 0 Å². The molecule has 0 fully saturated rings. The molecule has 20 heavy (non-hydrogen) atoms. The summed E-state index contributed by atoms with van der Waals surface area (Å²) in [4.78, 5) is 0. The molecule has 0 amide bonds. The number of aliphatic hydroxyl groups is 1. The zero-order valence-corrected chi connectivity index (χ0v) is 12.0. The van der Waals surface area contributed by atoms with E-state index in [9.17, 15) is 5.11 Å². The first-order valence-corrected chi connectivity index (χ1v) is 7.26. The Labute approximate surface area is 121 Å². The second-order valence-corrected chi connectivity index (χ2v) is 5.26. The van der Waals surface area contributed by atoms with Crippen LogP contribution in [0.4, 0.5) is 0 Å². The van der Waals surface area contributed by atoms with Gasteiger partial charge in [0.15, 0.2) is 0 Å². The maximum Gasteiger partial charge on any atom is 0.0914 e. The minimum Gasteiger partial charge on any atom is -0.387 e. The van der Waals surface area contributed by atoms with Crippen LogP contribution in [0.15, 0.2) is 60.7 Å². The molecular formula is C18H23NO. The molecule has 2 atom stereocenters. The Morgan fingerprint density at radius 3 is 2.20 bits per heavy atom. The molecular weight excluding hydrogens is 246 g/mol. The molecule has 2 aromatic carbocycles.